The van der Waals surface area contributed by atoms with Crippen LogP contribution >= 0.6 is 15.9 Å². The van der Waals surface area contributed by atoms with Crippen molar-refractivity contribution < 1.29 is 9.47 Å². The molecule has 1 aliphatic rings. The van der Waals surface area contributed by atoms with Crippen molar-refractivity contribution >= 4 is 15.9 Å². The molecule has 0 bridgehead atoms. The number of nitrogens with zero attached hydrogens (tertiary/aromatic N) is 1. The molecule has 0 spiro atoms. The smallest absolute Gasteiger partial charge is 0.107 e. The third-order valence-electron chi connectivity index (χ3n) is 1.97. The van der Waals surface area contributed by atoms with E-state index in [2.05, 4.69) is 20.9 Å². The number of rotatable bonds is 1. The molecule has 1 aliphatic heterocycles. The van der Waals surface area contributed by atoms with Crippen LogP contribution in [0.1, 0.15) is 11.7 Å². The molecule has 4 heteroatoms. The van der Waals surface area contributed by atoms with Crippen LogP contribution in [0.15, 0.2) is 22.9 Å². The maximum atomic E-state index is 5.56. The monoisotopic (exact) mass is 243 g/mol. The van der Waals surface area contributed by atoms with Gasteiger partial charge in [0.05, 0.1) is 19.8 Å². The van der Waals surface area contributed by atoms with E-state index >= 15 is 0 Å². The molecule has 0 aliphatic carbocycles. The number of ether oxygens (including phenoxy) is 2. The first kappa shape index (κ1) is 9.12. The number of pyridine rings is 1. The van der Waals surface area contributed by atoms with Gasteiger partial charge in [0.1, 0.15) is 6.10 Å². The van der Waals surface area contributed by atoms with Gasteiger partial charge in [-0.25, -0.2) is 0 Å². The molecule has 0 N–H and O–H groups in total. The van der Waals surface area contributed by atoms with Crippen molar-refractivity contribution in [3.63, 3.8) is 0 Å². The molecule has 3 nitrogen and oxygen atoms in total. The van der Waals surface area contributed by atoms with Gasteiger partial charge in [0.2, 0.25) is 0 Å². The van der Waals surface area contributed by atoms with E-state index < -0.39 is 0 Å². The summed E-state index contributed by atoms with van der Waals surface area (Å²) in [5.74, 6) is 0. The van der Waals surface area contributed by atoms with Crippen LogP contribution < -0.4 is 0 Å². The Hall–Kier alpha value is -0.450. The standard InChI is InChI=1S/C9H10BrNO2/c10-8-5-11-2-1-7(8)9-6-12-3-4-13-9/h1-2,5,9H,3-4,6H2. The SMILES string of the molecule is Brc1cnccc1C1COCCO1. The minimum absolute atomic E-state index is 0.0473. The molecule has 0 amide bonds. The second-order valence-corrected chi connectivity index (χ2v) is 3.69. The molecule has 70 valence electrons. The van der Waals surface area contributed by atoms with Crippen molar-refractivity contribution in [2.45, 2.75) is 6.10 Å². The first-order valence-corrected chi connectivity index (χ1v) is 4.96. The first-order valence-electron chi connectivity index (χ1n) is 4.16. The predicted octanol–water partition coefficient (Wildman–Crippen LogP) is 1.93. The maximum Gasteiger partial charge on any atom is 0.107 e. The summed E-state index contributed by atoms with van der Waals surface area (Å²) in [4.78, 5) is 4.00. The summed E-state index contributed by atoms with van der Waals surface area (Å²) >= 11 is 3.43. The van der Waals surface area contributed by atoms with Crippen LogP contribution in [-0.4, -0.2) is 24.8 Å². The molecular weight excluding hydrogens is 234 g/mol. The molecule has 2 rings (SSSR count). The predicted molar refractivity (Wildman–Crippen MR) is 51.4 cm³/mol. The molecule has 1 aromatic rings. The van der Waals surface area contributed by atoms with Crippen LogP contribution in [0, 0.1) is 0 Å². The molecule has 13 heavy (non-hydrogen) atoms. The molecule has 1 unspecified atom stereocenters. The zero-order chi connectivity index (χ0) is 9.10. The van der Waals surface area contributed by atoms with Crippen molar-refractivity contribution in [3.8, 4) is 0 Å². The fourth-order valence-electron chi connectivity index (χ4n) is 1.31. The second kappa shape index (κ2) is 4.17. The van der Waals surface area contributed by atoms with Crippen LogP contribution in [0.2, 0.25) is 0 Å². The lowest BCUT2D eigenvalue weighted by Crippen LogP contribution is -2.22. The lowest BCUT2D eigenvalue weighted by Gasteiger charge is -2.23. The Bertz CT molecular complexity index is 287. The quantitative estimate of drug-likeness (QED) is 0.756. The second-order valence-electron chi connectivity index (χ2n) is 2.83. The highest BCUT2D eigenvalue weighted by Crippen LogP contribution is 2.26. The highest BCUT2D eigenvalue weighted by Gasteiger charge is 2.18. The summed E-state index contributed by atoms with van der Waals surface area (Å²) in [5.41, 5.74) is 1.11. The summed E-state index contributed by atoms with van der Waals surface area (Å²) in [6.07, 6.45) is 3.58. The third kappa shape index (κ3) is 2.07. The normalized spacial score (nSPS) is 23.0. The van der Waals surface area contributed by atoms with Gasteiger partial charge in [0.25, 0.3) is 0 Å². The van der Waals surface area contributed by atoms with E-state index in [0.717, 1.165) is 10.0 Å². The Labute approximate surface area is 85.2 Å². The largest absolute Gasteiger partial charge is 0.376 e. The summed E-state index contributed by atoms with van der Waals surface area (Å²) in [5, 5.41) is 0. The topological polar surface area (TPSA) is 31.4 Å². The van der Waals surface area contributed by atoms with Crippen molar-refractivity contribution in [3.05, 3.63) is 28.5 Å². The van der Waals surface area contributed by atoms with Gasteiger partial charge in [-0.1, -0.05) is 0 Å². The number of halogens is 1. The Kier molecular flexibility index (Phi) is 2.93. The minimum Gasteiger partial charge on any atom is -0.376 e. The molecule has 1 fully saturated rings. The summed E-state index contributed by atoms with van der Waals surface area (Å²) < 4.78 is 11.9. The van der Waals surface area contributed by atoms with Crippen LogP contribution in [0.5, 0.6) is 0 Å². The molecular formula is C9H10BrNO2. The maximum absolute atomic E-state index is 5.56. The average Bonchev–Trinajstić information content (AvgIpc) is 2.20. The van der Waals surface area contributed by atoms with Crippen molar-refractivity contribution in [2.75, 3.05) is 19.8 Å². The van der Waals surface area contributed by atoms with E-state index in [9.17, 15) is 0 Å². The molecule has 0 radical (unpaired) electrons. The van der Waals surface area contributed by atoms with E-state index in [-0.39, 0.29) is 6.10 Å². The van der Waals surface area contributed by atoms with Crippen molar-refractivity contribution in [1.29, 1.82) is 0 Å². The lowest BCUT2D eigenvalue weighted by atomic mass is 10.1. The summed E-state index contributed by atoms with van der Waals surface area (Å²) in [6, 6.07) is 1.95. The van der Waals surface area contributed by atoms with Crippen LogP contribution in [0.3, 0.4) is 0 Å². The van der Waals surface area contributed by atoms with E-state index in [1.54, 1.807) is 12.4 Å². The molecule has 0 saturated carbocycles. The highest BCUT2D eigenvalue weighted by molar-refractivity contribution is 9.10. The van der Waals surface area contributed by atoms with Crippen LogP contribution in [-0.2, 0) is 9.47 Å². The van der Waals surface area contributed by atoms with Gasteiger partial charge >= 0.3 is 0 Å². The van der Waals surface area contributed by atoms with Gasteiger partial charge < -0.3 is 9.47 Å². The van der Waals surface area contributed by atoms with Crippen molar-refractivity contribution in [1.82, 2.24) is 4.98 Å². The average molecular weight is 244 g/mol. The summed E-state index contributed by atoms with van der Waals surface area (Å²) in [7, 11) is 0. The van der Waals surface area contributed by atoms with Crippen LogP contribution in [0.25, 0.3) is 0 Å². The first-order chi connectivity index (χ1) is 6.38. The van der Waals surface area contributed by atoms with E-state index in [1.165, 1.54) is 0 Å². The fourth-order valence-corrected chi connectivity index (χ4v) is 1.82. The lowest BCUT2D eigenvalue weighted by molar-refractivity contribution is -0.0904. The number of aromatic nitrogens is 1. The van der Waals surface area contributed by atoms with Gasteiger partial charge in [0.15, 0.2) is 0 Å². The number of hydrogen-bond acceptors (Lipinski definition) is 3. The number of hydrogen-bond donors (Lipinski definition) is 0. The molecule has 1 aromatic heterocycles. The zero-order valence-corrected chi connectivity index (χ0v) is 8.66. The minimum atomic E-state index is 0.0473. The fraction of sp³-hybridized carbons (Fsp3) is 0.444. The Morgan fingerprint density at radius 2 is 2.38 bits per heavy atom. The zero-order valence-electron chi connectivity index (χ0n) is 7.07. The third-order valence-corrected chi connectivity index (χ3v) is 2.63. The van der Waals surface area contributed by atoms with Gasteiger partial charge in [-0.2, -0.15) is 0 Å². The molecule has 0 aromatic carbocycles. The molecule has 1 atom stereocenters. The van der Waals surface area contributed by atoms with Gasteiger partial charge in [-0.3, -0.25) is 4.98 Å². The Morgan fingerprint density at radius 1 is 1.46 bits per heavy atom. The van der Waals surface area contributed by atoms with Gasteiger partial charge in [0, 0.05) is 22.4 Å². The van der Waals surface area contributed by atoms with Gasteiger partial charge in [-0.05, 0) is 22.0 Å². The van der Waals surface area contributed by atoms with Gasteiger partial charge in [-0.15, -0.1) is 0 Å². The van der Waals surface area contributed by atoms with E-state index in [4.69, 9.17) is 9.47 Å². The summed E-state index contributed by atoms with van der Waals surface area (Å²) in [6.45, 7) is 1.99. The van der Waals surface area contributed by atoms with E-state index in [1.807, 2.05) is 6.07 Å². The Morgan fingerprint density at radius 3 is 3.08 bits per heavy atom. The Balaban J connectivity index is 2.18. The molecule has 2 heterocycles. The van der Waals surface area contributed by atoms with Crippen LogP contribution in [0.4, 0.5) is 0 Å². The highest BCUT2D eigenvalue weighted by atomic mass is 79.9. The van der Waals surface area contributed by atoms with E-state index in [0.29, 0.717) is 19.8 Å². The van der Waals surface area contributed by atoms with Crippen molar-refractivity contribution in [2.24, 2.45) is 0 Å². The molecule has 1 saturated heterocycles.